The Kier molecular flexibility index (Phi) is 7.91. The first-order valence-corrected chi connectivity index (χ1v) is 9.55. The van der Waals surface area contributed by atoms with Crippen LogP contribution in [0.4, 0.5) is 13.2 Å². The quantitative estimate of drug-likeness (QED) is 0.449. The van der Waals surface area contributed by atoms with Crippen molar-refractivity contribution in [2.75, 3.05) is 20.1 Å². The normalized spacial score (nSPS) is 12.5. The molecule has 0 bridgehead atoms. The number of amides is 1. The fourth-order valence-corrected chi connectivity index (χ4v) is 2.67. The second-order valence-corrected chi connectivity index (χ2v) is 7.44. The Balaban J connectivity index is 2.07. The Morgan fingerprint density at radius 2 is 1.90 bits per heavy atom. The zero-order valence-electron chi connectivity index (χ0n) is 17.3. The van der Waals surface area contributed by atoms with Gasteiger partial charge in [0.25, 0.3) is 0 Å². The average Bonchev–Trinajstić information content (AvgIpc) is 3.22. The molecule has 0 saturated carbocycles. The third kappa shape index (κ3) is 7.13. The minimum absolute atomic E-state index is 0.0560. The molecule has 30 heavy (non-hydrogen) atoms. The summed E-state index contributed by atoms with van der Waals surface area (Å²) < 4.78 is 44.1. The van der Waals surface area contributed by atoms with Crippen molar-refractivity contribution in [3.05, 3.63) is 59.5 Å². The Labute approximate surface area is 174 Å². The molecular weight excluding hydrogens is 397 g/mol. The van der Waals surface area contributed by atoms with Crippen LogP contribution < -0.4 is 16.0 Å². The van der Waals surface area contributed by atoms with E-state index in [4.69, 9.17) is 4.42 Å². The molecule has 0 fully saturated rings. The highest BCUT2D eigenvalue weighted by Crippen LogP contribution is 2.29. The van der Waals surface area contributed by atoms with Gasteiger partial charge in [-0.1, -0.05) is 12.1 Å². The van der Waals surface area contributed by atoms with Crippen molar-refractivity contribution in [2.24, 2.45) is 10.4 Å². The van der Waals surface area contributed by atoms with E-state index in [1.54, 1.807) is 39.3 Å². The van der Waals surface area contributed by atoms with Crippen LogP contribution in [0.25, 0.3) is 0 Å². The molecule has 2 aromatic rings. The van der Waals surface area contributed by atoms with E-state index in [0.717, 1.165) is 17.9 Å². The molecule has 0 aliphatic carbocycles. The number of benzene rings is 1. The van der Waals surface area contributed by atoms with Gasteiger partial charge >= 0.3 is 6.18 Å². The van der Waals surface area contributed by atoms with Gasteiger partial charge in [-0.05, 0) is 43.7 Å². The topological polar surface area (TPSA) is 78.7 Å². The van der Waals surface area contributed by atoms with Crippen LogP contribution in [0, 0.1) is 5.41 Å². The van der Waals surface area contributed by atoms with Crippen LogP contribution in [0.5, 0.6) is 0 Å². The van der Waals surface area contributed by atoms with Crippen LogP contribution in [0.3, 0.4) is 0 Å². The first-order valence-electron chi connectivity index (χ1n) is 9.55. The molecule has 0 atom stereocenters. The number of hydrogen-bond donors (Lipinski definition) is 3. The van der Waals surface area contributed by atoms with E-state index in [1.807, 2.05) is 6.07 Å². The summed E-state index contributed by atoms with van der Waals surface area (Å²) in [6.07, 6.45) is -2.21. The smallest absolute Gasteiger partial charge is 0.416 e. The van der Waals surface area contributed by atoms with Crippen molar-refractivity contribution in [3.8, 4) is 0 Å². The van der Waals surface area contributed by atoms with Crippen molar-refractivity contribution in [2.45, 2.75) is 33.0 Å². The van der Waals surface area contributed by atoms with Crippen LogP contribution in [0.1, 0.15) is 30.7 Å². The molecular formula is C21H27F3N4O2. The fraction of sp³-hybridized carbons (Fsp3) is 0.429. The molecule has 1 amide bonds. The molecule has 0 spiro atoms. The second kappa shape index (κ2) is 10.2. The summed E-state index contributed by atoms with van der Waals surface area (Å²) in [4.78, 5) is 16.4. The van der Waals surface area contributed by atoms with Crippen LogP contribution in [0.2, 0.25) is 0 Å². The number of furan rings is 1. The van der Waals surface area contributed by atoms with Gasteiger partial charge in [-0.3, -0.25) is 4.79 Å². The van der Waals surface area contributed by atoms with Crippen LogP contribution in [-0.2, 0) is 23.9 Å². The van der Waals surface area contributed by atoms with Crippen molar-refractivity contribution in [1.82, 2.24) is 16.0 Å². The van der Waals surface area contributed by atoms with E-state index in [9.17, 15) is 18.0 Å². The van der Waals surface area contributed by atoms with Crippen molar-refractivity contribution in [3.63, 3.8) is 0 Å². The molecule has 9 heteroatoms. The lowest BCUT2D eigenvalue weighted by Crippen LogP contribution is -2.47. The van der Waals surface area contributed by atoms with Crippen molar-refractivity contribution in [1.29, 1.82) is 0 Å². The van der Waals surface area contributed by atoms with Crippen LogP contribution in [-0.4, -0.2) is 32.0 Å². The molecule has 1 aromatic heterocycles. The van der Waals surface area contributed by atoms with Gasteiger partial charge in [-0.15, -0.1) is 0 Å². The number of hydrogen-bond acceptors (Lipinski definition) is 3. The third-order valence-corrected chi connectivity index (χ3v) is 4.46. The summed E-state index contributed by atoms with van der Waals surface area (Å²) in [5.74, 6) is 1.06. The Morgan fingerprint density at radius 3 is 2.53 bits per heavy atom. The highest BCUT2D eigenvalue weighted by Gasteiger charge is 2.30. The van der Waals surface area contributed by atoms with Gasteiger partial charge in [0, 0.05) is 26.6 Å². The zero-order valence-corrected chi connectivity index (χ0v) is 17.3. The predicted octanol–water partition coefficient (Wildman–Crippen LogP) is 3.35. The maximum atomic E-state index is 12.9. The Morgan fingerprint density at radius 1 is 1.13 bits per heavy atom. The summed E-state index contributed by atoms with van der Waals surface area (Å²) in [7, 11) is 1.56. The Bertz CT molecular complexity index is 846. The third-order valence-electron chi connectivity index (χ3n) is 4.46. The van der Waals surface area contributed by atoms with Gasteiger partial charge in [-0.2, -0.15) is 13.2 Å². The maximum Gasteiger partial charge on any atom is 0.416 e. The second-order valence-electron chi connectivity index (χ2n) is 7.44. The summed E-state index contributed by atoms with van der Waals surface area (Å²) in [6.45, 7) is 4.42. The molecule has 0 unspecified atom stereocenters. The van der Waals surface area contributed by atoms with Gasteiger partial charge in [0.15, 0.2) is 5.96 Å². The molecule has 1 aromatic carbocycles. The van der Waals surface area contributed by atoms with Crippen molar-refractivity contribution >= 4 is 11.9 Å². The average molecular weight is 424 g/mol. The van der Waals surface area contributed by atoms with Gasteiger partial charge in [0.2, 0.25) is 5.91 Å². The van der Waals surface area contributed by atoms with E-state index in [1.165, 1.54) is 6.07 Å². The lowest BCUT2D eigenvalue weighted by atomic mass is 9.92. The molecule has 0 saturated heterocycles. The SMILES string of the molecule is CNC(=O)C(C)(C)CNC(=NCc1cccc(C(F)(F)F)c1)NCCc1ccco1. The van der Waals surface area contributed by atoms with Crippen LogP contribution >= 0.6 is 0 Å². The zero-order chi connectivity index (χ0) is 22.2. The molecule has 2 rings (SSSR count). The lowest BCUT2D eigenvalue weighted by molar-refractivity contribution is -0.137. The van der Waals surface area contributed by atoms with Crippen LogP contribution in [0.15, 0.2) is 52.1 Å². The van der Waals surface area contributed by atoms with Gasteiger partial charge in [-0.25, -0.2) is 4.99 Å². The number of carbonyl (C=O) groups excluding carboxylic acids is 1. The van der Waals surface area contributed by atoms with Gasteiger partial charge in [0.1, 0.15) is 5.76 Å². The number of rotatable bonds is 8. The number of guanidine groups is 1. The Hall–Kier alpha value is -2.97. The molecule has 0 radical (unpaired) electrons. The monoisotopic (exact) mass is 424 g/mol. The van der Waals surface area contributed by atoms with E-state index in [0.29, 0.717) is 31.0 Å². The number of nitrogens with zero attached hydrogens (tertiary/aromatic N) is 1. The first-order chi connectivity index (χ1) is 14.1. The molecule has 6 nitrogen and oxygen atoms in total. The summed E-state index contributed by atoms with van der Waals surface area (Å²) in [5, 5.41) is 8.83. The largest absolute Gasteiger partial charge is 0.469 e. The number of alkyl halides is 3. The standard InChI is InChI=1S/C21H27F3N4O2/c1-20(2,18(29)25-3)14-28-19(26-10-9-17-8-5-11-30-17)27-13-15-6-4-7-16(12-15)21(22,23)24/h4-8,11-12H,9-10,13-14H2,1-3H3,(H,25,29)(H2,26,27,28). The first kappa shape index (κ1) is 23.3. The van der Waals surface area contributed by atoms with E-state index in [2.05, 4.69) is 20.9 Å². The minimum Gasteiger partial charge on any atom is -0.469 e. The fourth-order valence-electron chi connectivity index (χ4n) is 2.67. The highest BCUT2D eigenvalue weighted by atomic mass is 19.4. The number of carbonyl (C=O) groups is 1. The number of nitrogens with one attached hydrogen (secondary N) is 3. The predicted molar refractivity (Wildman–Crippen MR) is 109 cm³/mol. The van der Waals surface area contributed by atoms with E-state index in [-0.39, 0.29) is 12.5 Å². The highest BCUT2D eigenvalue weighted by molar-refractivity contribution is 5.84. The molecule has 0 aliphatic heterocycles. The molecule has 164 valence electrons. The van der Waals surface area contributed by atoms with E-state index >= 15 is 0 Å². The summed E-state index contributed by atoms with van der Waals surface area (Å²) in [6, 6.07) is 8.71. The van der Waals surface area contributed by atoms with Gasteiger partial charge < -0.3 is 20.4 Å². The lowest BCUT2D eigenvalue weighted by Gasteiger charge is -2.24. The number of aliphatic imine (C=N–C) groups is 1. The number of halogens is 3. The summed E-state index contributed by atoms with van der Waals surface area (Å²) in [5.41, 5.74) is -0.979. The van der Waals surface area contributed by atoms with Gasteiger partial charge in [0.05, 0.1) is 23.8 Å². The minimum atomic E-state index is -4.40. The molecule has 0 aliphatic rings. The van der Waals surface area contributed by atoms with Crippen molar-refractivity contribution < 1.29 is 22.4 Å². The maximum absolute atomic E-state index is 12.9. The summed E-state index contributed by atoms with van der Waals surface area (Å²) >= 11 is 0. The molecule has 3 N–H and O–H groups in total. The molecule has 1 heterocycles. The van der Waals surface area contributed by atoms with E-state index < -0.39 is 17.2 Å².